The van der Waals surface area contributed by atoms with Crippen LogP contribution in [0.5, 0.6) is 0 Å². The van der Waals surface area contributed by atoms with Gasteiger partial charge in [0, 0.05) is 30.8 Å². The molecule has 1 fully saturated rings. The van der Waals surface area contributed by atoms with Gasteiger partial charge in [-0.2, -0.15) is 0 Å². The van der Waals surface area contributed by atoms with Crippen LogP contribution in [0.4, 0.5) is 0 Å². The molecule has 150 valence electrons. The molecule has 29 heavy (non-hydrogen) atoms. The van der Waals surface area contributed by atoms with Gasteiger partial charge in [0.15, 0.2) is 6.39 Å². The maximum atomic E-state index is 13.4. The Kier molecular flexibility index (Phi) is 4.52. The molecule has 1 atom stereocenters. The van der Waals surface area contributed by atoms with Crippen LogP contribution in [0.15, 0.2) is 52.3 Å². The number of aromatic nitrogens is 3. The number of hydrogen-bond acceptors (Lipinski definition) is 6. The van der Waals surface area contributed by atoms with Gasteiger partial charge in [-0.1, -0.05) is 17.7 Å². The third-order valence-electron chi connectivity index (χ3n) is 5.61. The molecular formula is C20H21ClN6O2. The van der Waals surface area contributed by atoms with Crippen LogP contribution >= 0.6 is 11.6 Å². The lowest BCUT2D eigenvalue weighted by Crippen LogP contribution is -2.40. The first-order valence-corrected chi connectivity index (χ1v) is 10.1. The minimum Gasteiger partial charge on any atom is -0.438 e. The number of nitrogens with two attached hydrogens (primary N) is 1. The van der Waals surface area contributed by atoms with Gasteiger partial charge >= 0.3 is 0 Å². The Morgan fingerprint density at radius 1 is 1.38 bits per heavy atom. The number of nitrogens with zero attached hydrogens (tertiary/aromatic N) is 4. The maximum absolute atomic E-state index is 13.4. The first-order chi connectivity index (χ1) is 14.1. The summed E-state index contributed by atoms with van der Waals surface area (Å²) < 4.78 is 5.51. The molecule has 3 aliphatic rings. The summed E-state index contributed by atoms with van der Waals surface area (Å²) in [6.45, 7) is 0.572. The topological polar surface area (TPSA) is 104 Å². The molecule has 0 aromatic carbocycles. The van der Waals surface area contributed by atoms with Crippen LogP contribution < -0.4 is 5.84 Å². The van der Waals surface area contributed by atoms with Crippen molar-refractivity contribution < 1.29 is 9.21 Å². The molecule has 0 unspecified atom stereocenters. The summed E-state index contributed by atoms with van der Waals surface area (Å²) in [6.07, 6.45) is 13.6. The number of oxazole rings is 1. The second-order valence-corrected chi connectivity index (χ2v) is 7.87. The number of hydrogen-bond donors (Lipinski definition) is 2. The monoisotopic (exact) mass is 412 g/mol. The lowest BCUT2D eigenvalue weighted by Gasteiger charge is -2.34. The SMILES string of the molecule is NN1C=CC=C(Cl)/C1=C/C[C@H]1c2nc[nH]c2CCN1C(=O)c1ocnc1C1CC1. The van der Waals surface area contributed by atoms with Gasteiger partial charge in [-0.15, -0.1) is 0 Å². The van der Waals surface area contributed by atoms with Crippen molar-refractivity contribution in [1.82, 2.24) is 24.9 Å². The summed E-state index contributed by atoms with van der Waals surface area (Å²) in [7, 11) is 0. The number of nitrogens with one attached hydrogen (secondary N) is 1. The molecular weight excluding hydrogens is 392 g/mol. The van der Waals surface area contributed by atoms with Crippen LogP contribution in [0, 0.1) is 0 Å². The predicted octanol–water partition coefficient (Wildman–Crippen LogP) is 3.11. The van der Waals surface area contributed by atoms with Crippen LogP contribution in [0.25, 0.3) is 0 Å². The minimum absolute atomic E-state index is 0.142. The molecule has 8 nitrogen and oxygen atoms in total. The number of H-pyrrole nitrogens is 1. The average molecular weight is 413 g/mol. The zero-order valence-corrected chi connectivity index (χ0v) is 16.5. The maximum Gasteiger partial charge on any atom is 0.292 e. The fourth-order valence-corrected chi connectivity index (χ4v) is 4.21. The highest BCUT2D eigenvalue weighted by Crippen LogP contribution is 2.42. The van der Waals surface area contributed by atoms with E-state index in [2.05, 4.69) is 15.0 Å². The number of fused-ring (bicyclic) bond motifs is 1. The summed E-state index contributed by atoms with van der Waals surface area (Å²) in [5, 5.41) is 2.03. The summed E-state index contributed by atoms with van der Waals surface area (Å²) in [5.41, 5.74) is 3.38. The highest BCUT2D eigenvalue weighted by molar-refractivity contribution is 6.32. The van der Waals surface area contributed by atoms with E-state index in [1.54, 1.807) is 24.7 Å². The quantitative estimate of drug-likeness (QED) is 0.747. The number of rotatable bonds is 4. The molecule has 2 aromatic rings. The van der Waals surface area contributed by atoms with Crippen molar-refractivity contribution in [2.75, 3.05) is 6.54 Å². The average Bonchev–Trinajstić information content (AvgIpc) is 3.24. The van der Waals surface area contributed by atoms with E-state index in [0.717, 1.165) is 29.9 Å². The van der Waals surface area contributed by atoms with Gasteiger partial charge in [-0.05, 0) is 31.4 Å². The lowest BCUT2D eigenvalue weighted by atomic mass is 9.98. The van der Waals surface area contributed by atoms with E-state index in [4.69, 9.17) is 21.9 Å². The zero-order valence-electron chi connectivity index (χ0n) is 15.7. The molecule has 0 spiro atoms. The molecule has 9 heteroatoms. The van der Waals surface area contributed by atoms with Gasteiger partial charge < -0.3 is 14.3 Å². The van der Waals surface area contributed by atoms with E-state index in [0.29, 0.717) is 41.8 Å². The number of allylic oxidation sites excluding steroid dienone is 3. The molecule has 2 aliphatic heterocycles. The predicted molar refractivity (Wildman–Crippen MR) is 106 cm³/mol. The van der Waals surface area contributed by atoms with Gasteiger partial charge in [0.1, 0.15) is 0 Å². The Balaban J connectivity index is 1.46. The van der Waals surface area contributed by atoms with Gasteiger partial charge in [-0.25, -0.2) is 15.8 Å². The first kappa shape index (κ1) is 18.2. The molecule has 0 bridgehead atoms. The van der Waals surface area contributed by atoms with Crippen molar-refractivity contribution in [3.05, 3.63) is 70.7 Å². The number of carbonyl (C=O) groups is 1. The largest absolute Gasteiger partial charge is 0.438 e. The molecule has 1 saturated carbocycles. The normalized spacial score (nSPS) is 22.8. The number of amides is 1. The molecule has 3 N–H and O–H groups in total. The smallest absolute Gasteiger partial charge is 0.292 e. The Bertz CT molecular complexity index is 1030. The van der Waals surface area contributed by atoms with Crippen LogP contribution in [0.3, 0.4) is 0 Å². The second kappa shape index (κ2) is 7.20. The van der Waals surface area contributed by atoms with E-state index in [-0.39, 0.29) is 11.9 Å². The molecule has 0 saturated heterocycles. The van der Waals surface area contributed by atoms with Crippen LogP contribution in [0.2, 0.25) is 0 Å². The van der Waals surface area contributed by atoms with Crippen molar-refractivity contribution in [1.29, 1.82) is 0 Å². The van der Waals surface area contributed by atoms with Gasteiger partial charge in [-0.3, -0.25) is 9.80 Å². The van der Waals surface area contributed by atoms with Gasteiger partial charge in [0.2, 0.25) is 5.76 Å². The summed E-state index contributed by atoms with van der Waals surface area (Å²) in [4.78, 5) is 27.2. The van der Waals surface area contributed by atoms with Crippen molar-refractivity contribution in [3.63, 3.8) is 0 Å². The summed E-state index contributed by atoms with van der Waals surface area (Å²) >= 11 is 6.31. The molecule has 0 radical (unpaired) electrons. The second-order valence-electron chi connectivity index (χ2n) is 7.46. The molecule has 1 amide bonds. The van der Waals surface area contributed by atoms with E-state index >= 15 is 0 Å². The Hall–Kier alpha value is -2.84. The minimum atomic E-state index is -0.245. The van der Waals surface area contributed by atoms with Crippen LogP contribution in [-0.4, -0.2) is 37.3 Å². The number of hydrazine groups is 1. The molecule has 2 aromatic heterocycles. The molecule has 5 rings (SSSR count). The Morgan fingerprint density at radius 2 is 2.24 bits per heavy atom. The number of aromatic amines is 1. The highest BCUT2D eigenvalue weighted by Gasteiger charge is 2.38. The van der Waals surface area contributed by atoms with Gasteiger partial charge in [0.25, 0.3) is 5.91 Å². The van der Waals surface area contributed by atoms with E-state index < -0.39 is 0 Å². The molecule has 1 aliphatic carbocycles. The Labute approximate surface area is 172 Å². The van der Waals surface area contributed by atoms with Crippen molar-refractivity contribution in [2.45, 2.75) is 37.6 Å². The Morgan fingerprint density at radius 3 is 3.03 bits per heavy atom. The van der Waals surface area contributed by atoms with Crippen LogP contribution in [0.1, 0.15) is 58.9 Å². The van der Waals surface area contributed by atoms with Crippen LogP contribution in [-0.2, 0) is 6.42 Å². The number of imidazole rings is 1. The molecule has 4 heterocycles. The third-order valence-corrected chi connectivity index (χ3v) is 5.93. The van der Waals surface area contributed by atoms with Crippen molar-refractivity contribution >= 4 is 17.5 Å². The number of halogens is 1. The zero-order chi connectivity index (χ0) is 20.0. The standard InChI is InChI=1S/C20H21ClN6O2/c21-13-2-1-8-27(22)15(13)5-6-16-18-14(23-10-24-18)7-9-26(16)20(28)19-17(12-3-4-12)25-11-29-19/h1-2,5,8,10-12,16H,3-4,6-7,9,22H2,(H,23,24)/b15-5-/t16-/m0/s1. The fraction of sp³-hybridized carbons (Fsp3) is 0.350. The van der Waals surface area contributed by atoms with E-state index in [1.165, 1.54) is 11.4 Å². The first-order valence-electron chi connectivity index (χ1n) is 9.68. The highest BCUT2D eigenvalue weighted by atomic mass is 35.5. The van der Waals surface area contributed by atoms with E-state index in [9.17, 15) is 4.79 Å². The summed E-state index contributed by atoms with van der Waals surface area (Å²) in [5.74, 6) is 6.56. The number of carbonyl (C=O) groups excluding carboxylic acids is 1. The van der Waals surface area contributed by atoms with Gasteiger partial charge in [0.05, 0.1) is 34.5 Å². The van der Waals surface area contributed by atoms with Crippen molar-refractivity contribution in [3.8, 4) is 0 Å². The van der Waals surface area contributed by atoms with Crippen molar-refractivity contribution in [2.24, 2.45) is 5.84 Å². The third kappa shape index (κ3) is 3.28. The van der Waals surface area contributed by atoms with E-state index in [1.807, 2.05) is 11.0 Å². The summed E-state index contributed by atoms with van der Waals surface area (Å²) in [6, 6.07) is -0.245. The lowest BCUT2D eigenvalue weighted by molar-refractivity contribution is 0.0622. The fourth-order valence-electron chi connectivity index (χ4n) is 3.96.